The molecule has 2 saturated carbocycles. The summed E-state index contributed by atoms with van der Waals surface area (Å²) in [5.41, 5.74) is 7.39. The number of nitrogens with two attached hydrogens (primary N) is 1. The van der Waals surface area contributed by atoms with Crippen molar-refractivity contribution in [2.24, 2.45) is 17.6 Å². The maximum atomic E-state index is 5.65. The van der Waals surface area contributed by atoms with Gasteiger partial charge in [0.15, 0.2) is 0 Å². The Kier molecular flexibility index (Phi) is 1.76. The highest BCUT2D eigenvalue weighted by Gasteiger charge is 2.48. The summed E-state index contributed by atoms with van der Waals surface area (Å²) >= 11 is 0. The number of allylic oxidation sites excluding steroid dienone is 2. The second-order valence-electron chi connectivity index (χ2n) is 4.14. The maximum Gasteiger partial charge on any atom is 0.00134 e. The van der Waals surface area contributed by atoms with Crippen LogP contribution in [0.15, 0.2) is 11.6 Å². The molecule has 1 nitrogen and oxygen atoms in total. The Balaban J connectivity index is 1.69. The fraction of sp³-hybridized carbons (Fsp3) is 0.800. The van der Waals surface area contributed by atoms with Crippen LogP contribution in [0.2, 0.25) is 0 Å². The Morgan fingerprint density at radius 1 is 1.73 bits per heavy atom. The van der Waals surface area contributed by atoms with Gasteiger partial charge in [-0.1, -0.05) is 11.6 Å². The Morgan fingerprint density at radius 3 is 3.00 bits per heavy atom. The summed E-state index contributed by atoms with van der Waals surface area (Å²) in [4.78, 5) is 0. The van der Waals surface area contributed by atoms with Gasteiger partial charge in [0, 0.05) is 6.04 Å². The van der Waals surface area contributed by atoms with E-state index in [1.165, 1.54) is 19.3 Å². The van der Waals surface area contributed by atoms with E-state index < -0.39 is 0 Å². The zero-order valence-electron chi connectivity index (χ0n) is 7.22. The number of hydrogen-bond acceptors (Lipinski definition) is 1. The van der Waals surface area contributed by atoms with Gasteiger partial charge in [-0.2, -0.15) is 0 Å². The lowest BCUT2D eigenvalue weighted by molar-refractivity contribution is 0.605. The van der Waals surface area contributed by atoms with Gasteiger partial charge in [-0.15, -0.1) is 0 Å². The van der Waals surface area contributed by atoms with Gasteiger partial charge in [-0.25, -0.2) is 0 Å². The minimum atomic E-state index is 0.377. The number of hydrogen-bond donors (Lipinski definition) is 1. The van der Waals surface area contributed by atoms with Gasteiger partial charge >= 0.3 is 0 Å². The van der Waals surface area contributed by atoms with E-state index >= 15 is 0 Å². The zero-order chi connectivity index (χ0) is 7.84. The van der Waals surface area contributed by atoms with E-state index in [1.54, 1.807) is 5.57 Å². The average molecular weight is 151 g/mol. The van der Waals surface area contributed by atoms with Crippen molar-refractivity contribution in [3.05, 3.63) is 11.6 Å². The molecule has 62 valence electrons. The third-order valence-corrected chi connectivity index (χ3v) is 2.93. The molecule has 0 bridgehead atoms. The normalized spacial score (nSPS) is 39.6. The van der Waals surface area contributed by atoms with Crippen LogP contribution in [0, 0.1) is 11.8 Å². The lowest BCUT2D eigenvalue weighted by Crippen LogP contribution is -2.14. The molecule has 0 saturated heterocycles. The summed E-state index contributed by atoms with van der Waals surface area (Å²) < 4.78 is 0. The van der Waals surface area contributed by atoms with Crippen LogP contribution >= 0.6 is 0 Å². The molecule has 2 aliphatic carbocycles. The molecule has 0 aromatic carbocycles. The molecular weight excluding hydrogens is 134 g/mol. The molecule has 2 rings (SSSR count). The van der Waals surface area contributed by atoms with Crippen molar-refractivity contribution in [3.8, 4) is 0 Å². The van der Waals surface area contributed by atoms with Crippen molar-refractivity contribution in [3.63, 3.8) is 0 Å². The van der Waals surface area contributed by atoms with Crippen molar-refractivity contribution in [2.45, 2.75) is 38.6 Å². The average Bonchev–Trinajstić information content (AvgIpc) is 2.53. The highest BCUT2D eigenvalue weighted by molar-refractivity contribution is 5.27. The van der Waals surface area contributed by atoms with Crippen LogP contribution in [-0.4, -0.2) is 6.04 Å². The van der Waals surface area contributed by atoms with Crippen molar-refractivity contribution in [1.29, 1.82) is 0 Å². The van der Waals surface area contributed by atoms with E-state index in [0.29, 0.717) is 6.04 Å². The molecule has 0 amide bonds. The third-order valence-electron chi connectivity index (χ3n) is 2.93. The molecule has 11 heavy (non-hydrogen) atoms. The molecule has 0 radical (unpaired) electrons. The highest BCUT2D eigenvalue weighted by Crippen LogP contribution is 2.59. The lowest BCUT2D eigenvalue weighted by Gasteiger charge is -2.15. The fourth-order valence-corrected chi connectivity index (χ4v) is 1.99. The third kappa shape index (κ3) is 1.48. The molecule has 3 atom stereocenters. The van der Waals surface area contributed by atoms with E-state index in [9.17, 15) is 0 Å². The van der Waals surface area contributed by atoms with Gasteiger partial charge in [-0.3, -0.25) is 0 Å². The van der Waals surface area contributed by atoms with Gasteiger partial charge in [0.2, 0.25) is 0 Å². The van der Waals surface area contributed by atoms with E-state index in [2.05, 4.69) is 13.0 Å². The van der Waals surface area contributed by atoms with Gasteiger partial charge in [0.05, 0.1) is 0 Å². The topological polar surface area (TPSA) is 26.0 Å². The second kappa shape index (κ2) is 2.63. The maximum absolute atomic E-state index is 5.65. The summed E-state index contributed by atoms with van der Waals surface area (Å²) in [5.74, 6) is 2.14. The summed E-state index contributed by atoms with van der Waals surface area (Å²) in [5, 5.41) is 0. The molecule has 0 aromatic heterocycles. The van der Waals surface area contributed by atoms with Crippen molar-refractivity contribution in [1.82, 2.24) is 0 Å². The van der Waals surface area contributed by atoms with Gasteiger partial charge < -0.3 is 5.73 Å². The first-order chi connectivity index (χ1) is 5.27. The first-order valence-electron chi connectivity index (χ1n) is 4.72. The highest BCUT2D eigenvalue weighted by atomic mass is 14.6. The molecule has 2 fully saturated rings. The Morgan fingerprint density at radius 2 is 2.55 bits per heavy atom. The largest absolute Gasteiger partial charge is 0.328 e. The first-order valence-corrected chi connectivity index (χ1v) is 4.72. The standard InChI is InChI=1S/C10H17N/c1-7(11)3-2-4-8-5-9-6-10(8)9/h4,7,9-10H,2-3,5-6,11H2,1H3/b8-4+. The monoisotopic (exact) mass is 151 g/mol. The van der Waals surface area contributed by atoms with E-state index in [-0.39, 0.29) is 0 Å². The predicted molar refractivity (Wildman–Crippen MR) is 47.2 cm³/mol. The zero-order valence-corrected chi connectivity index (χ0v) is 7.22. The summed E-state index contributed by atoms with van der Waals surface area (Å²) in [7, 11) is 0. The van der Waals surface area contributed by atoms with Crippen LogP contribution in [0.3, 0.4) is 0 Å². The van der Waals surface area contributed by atoms with Gasteiger partial charge in [0.1, 0.15) is 0 Å². The summed E-state index contributed by atoms with van der Waals surface area (Å²) in [6, 6.07) is 0.377. The Hall–Kier alpha value is -0.300. The minimum absolute atomic E-state index is 0.377. The number of rotatable bonds is 3. The minimum Gasteiger partial charge on any atom is -0.328 e. The smallest absolute Gasteiger partial charge is 0.00134 e. The Labute approximate surface area is 68.7 Å². The van der Waals surface area contributed by atoms with Crippen LogP contribution in [0.1, 0.15) is 32.6 Å². The molecule has 2 aliphatic rings. The first kappa shape index (κ1) is 7.35. The molecule has 0 heterocycles. The van der Waals surface area contributed by atoms with Crippen molar-refractivity contribution in [2.75, 3.05) is 0 Å². The van der Waals surface area contributed by atoms with Crippen molar-refractivity contribution >= 4 is 0 Å². The Bertz CT molecular complexity index is 181. The van der Waals surface area contributed by atoms with E-state index in [4.69, 9.17) is 5.73 Å². The lowest BCUT2D eigenvalue weighted by atomic mass is 9.91. The molecule has 0 aliphatic heterocycles. The quantitative estimate of drug-likeness (QED) is 0.614. The molecule has 2 N–H and O–H groups in total. The van der Waals surface area contributed by atoms with Crippen LogP contribution in [0.25, 0.3) is 0 Å². The van der Waals surface area contributed by atoms with Crippen LogP contribution < -0.4 is 5.73 Å². The molecule has 3 unspecified atom stereocenters. The van der Waals surface area contributed by atoms with E-state index in [1.807, 2.05) is 0 Å². The number of fused-ring (bicyclic) bond motifs is 1. The molecule has 0 aromatic rings. The predicted octanol–water partition coefficient (Wildman–Crippen LogP) is 2.08. The molecule has 1 heteroatoms. The fourth-order valence-electron chi connectivity index (χ4n) is 1.99. The van der Waals surface area contributed by atoms with Crippen LogP contribution in [0.4, 0.5) is 0 Å². The SMILES string of the molecule is CC(N)CC/C=C1\CC2CC12. The van der Waals surface area contributed by atoms with Crippen LogP contribution in [0.5, 0.6) is 0 Å². The molecular formula is C10H17N. The van der Waals surface area contributed by atoms with Gasteiger partial charge in [-0.05, 0) is 44.4 Å². The van der Waals surface area contributed by atoms with Gasteiger partial charge in [0.25, 0.3) is 0 Å². The summed E-state index contributed by atoms with van der Waals surface area (Å²) in [6.07, 6.45) is 7.68. The molecule has 0 spiro atoms. The van der Waals surface area contributed by atoms with Crippen molar-refractivity contribution < 1.29 is 0 Å². The van der Waals surface area contributed by atoms with E-state index in [0.717, 1.165) is 18.3 Å². The van der Waals surface area contributed by atoms with Crippen LogP contribution in [-0.2, 0) is 0 Å². The summed E-state index contributed by atoms with van der Waals surface area (Å²) in [6.45, 7) is 2.08. The second-order valence-corrected chi connectivity index (χ2v) is 4.14.